The Morgan fingerprint density at radius 1 is 1.24 bits per heavy atom. The largest absolute Gasteiger partial charge is 0.490 e. The first-order valence-corrected chi connectivity index (χ1v) is 8.78. The first-order chi connectivity index (χ1) is 12.0. The summed E-state index contributed by atoms with van der Waals surface area (Å²) < 4.78 is 11.1. The molecule has 1 heterocycles. The number of hydrogen-bond donors (Lipinski definition) is 2. The van der Waals surface area contributed by atoms with Crippen molar-refractivity contribution in [1.82, 2.24) is 10.3 Å². The van der Waals surface area contributed by atoms with Gasteiger partial charge >= 0.3 is 5.97 Å². The fraction of sp³-hybridized carbons (Fsp3) is 0.353. The third kappa shape index (κ3) is 5.18. The Hall–Kier alpha value is -2.61. The molecule has 0 aliphatic heterocycles. The summed E-state index contributed by atoms with van der Waals surface area (Å²) in [5.41, 5.74) is 0.410. The van der Waals surface area contributed by atoms with Crippen LogP contribution in [0.1, 0.15) is 46.1 Å². The van der Waals surface area contributed by atoms with Gasteiger partial charge in [-0.15, -0.1) is 11.3 Å². The normalized spacial score (nSPS) is 10.3. The van der Waals surface area contributed by atoms with Crippen LogP contribution in [0, 0.1) is 0 Å². The number of carbonyl (C=O) groups is 2. The Balaban J connectivity index is 2.04. The lowest BCUT2D eigenvalue weighted by atomic mass is 10.2. The molecule has 0 spiro atoms. The van der Waals surface area contributed by atoms with Gasteiger partial charge in [-0.3, -0.25) is 4.79 Å². The number of rotatable bonds is 9. The van der Waals surface area contributed by atoms with Crippen LogP contribution in [0.3, 0.4) is 0 Å². The van der Waals surface area contributed by atoms with Crippen LogP contribution in [0.2, 0.25) is 0 Å². The average Bonchev–Trinajstić information content (AvgIpc) is 3.08. The molecule has 0 fully saturated rings. The third-order valence-corrected chi connectivity index (χ3v) is 3.99. The van der Waals surface area contributed by atoms with E-state index in [0.717, 1.165) is 6.42 Å². The van der Waals surface area contributed by atoms with Crippen LogP contribution in [0.5, 0.6) is 11.5 Å². The van der Waals surface area contributed by atoms with Gasteiger partial charge in [0.1, 0.15) is 5.01 Å². The van der Waals surface area contributed by atoms with Gasteiger partial charge in [-0.1, -0.05) is 6.92 Å². The number of carboxylic acids is 1. The summed E-state index contributed by atoms with van der Waals surface area (Å²) in [5, 5.41) is 13.5. The number of thiazole rings is 1. The third-order valence-electron chi connectivity index (χ3n) is 3.14. The van der Waals surface area contributed by atoms with E-state index in [2.05, 4.69) is 10.3 Å². The quantitative estimate of drug-likeness (QED) is 0.710. The molecule has 0 saturated carbocycles. The van der Waals surface area contributed by atoms with Gasteiger partial charge in [0.15, 0.2) is 17.2 Å². The second-order valence-electron chi connectivity index (χ2n) is 5.06. The second kappa shape index (κ2) is 9.03. The standard InChI is InChI=1S/C17H20N2O5S/c1-3-7-24-13-6-5-11(8-14(13)23-4-2)16(20)18-9-15-19-12(10-25-15)17(21)22/h5-6,8,10H,3-4,7,9H2,1-2H3,(H,18,20)(H,21,22). The Labute approximate surface area is 149 Å². The van der Waals surface area contributed by atoms with Gasteiger partial charge in [0.2, 0.25) is 0 Å². The van der Waals surface area contributed by atoms with Crippen molar-refractivity contribution in [2.75, 3.05) is 13.2 Å². The highest BCUT2D eigenvalue weighted by Crippen LogP contribution is 2.28. The van der Waals surface area contributed by atoms with Crippen LogP contribution in [-0.2, 0) is 6.54 Å². The maximum Gasteiger partial charge on any atom is 0.355 e. The molecule has 8 heteroatoms. The molecule has 0 unspecified atom stereocenters. The first-order valence-electron chi connectivity index (χ1n) is 7.90. The van der Waals surface area contributed by atoms with Gasteiger partial charge < -0.3 is 19.9 Å². The maximum absolute atomic E-state index is 12.3. The van der Waals surface area contributed by atoms with Gasteiger partial charge in [-0.25, -0.2) is 9.78 Å². The fourth-order valence-electron chi connectivity index (χ4n) is 2.00. The van der Waals surface area contributed by atoms with Crippen molar-refractivity contribution < 1.29 is 24.2 Å². The first kappa shape index (κ1) is 18.7. The van der Waals surface area contributed by atoms with Crippen molar-refractivity contribution in [2.24, 2.45) is 0 Å². The molecule has 2 N–H and O–H groups in total. The van der Waals surface area contributed by atoms with E-state index in [4.69, 9.17) is 14.6 Å². The monoisotopic (exact) mass is 364 g/mol. The second-order valence-corrected chi connectivity index (χ2v) is 6.00. The van der Waals surface area contributed by atoms with Crippen LogP contribution in [-0.4, -0.2) is 35.2 Å². The number of carbonyl (C=O) groups excluding carboxylic acids is 1. The summed E-state index contributed by atoms with van der Waals surface area (Å²) in [6, 6.07) is 5.00. The summed E-state index contributed by atoms with van der Waals surface area (Å²) in [6.45, 7) is 5.07. The van der Waals surface area contributed by atoms with E-state index >= 15 is 0 Å². The Kier molecular flexibility index (Phi) is 6.76. The molecule has 0 bridgehead atoms. The fourth-order valence-corrected chi connectivity index (χ4v) is 2.70. The van der Waals surface area contributed by atoms with Crippen molar-refractivity contribution in [1.29, 1.82) is 0 Å². The van der Waals surface area contributed by atoms with Crippen molar-refractivity contribution in [3.05, 3.63) is 39.8 Å². The minimum Gasteiger partial charge on any atom is -0.490 e. The molecule has 0 saturated heterocycles. The van der Waals surface area contributed by atoms with Crippen molar-refractivity contribution in [3.63, 3.8) is 0 Å². The summed E-state index contributed by atoms with van der Waals surface area (Å²) in [6.07, 6.45) is 0.875. The summed E-state index contributed by atoms with van der Waals surface area (Å²) in [7, 11) is 0. The van der Waals surface area contributed by atoms with Crippen molar-refractivity contribution >= 4 is 23.2 Å². The molecule has 134 valence electrons. The zero-order valence-electron chi connectivity index (χ0n) is 14.1. The van der Waals surface area contributed by atoms with E-state index in [0.29, 0.717) is 35.3 Å². The summed E-state index contributed by atoms with van der Waals surface area (Å²) in [5.74, 6) is -0.259. The van der Waals surface area contributed by atoms with Crippen LogP contribution in [0.4, 0.5) is 0 Å². The molecular formula is C17H20N2O5S. The number of carboxylic acid groups (broad SMARTS) is 1. The highest BCUT2D eigenvalue weighted by molar-refractivity contribution is 7.09. The van der Waals surface area contributed by atoms with Gasteiger partial charge in [0.05, 0.1) is 19.8 Å². The average molecular weight is 364 g/mol. The molecule has 0 radical (unpaired) electrons. The number of amides is 1. The summed E-state index contributed by atoms with van der Waals surface area (Å²) >= 11 is 1.19. The Morgan fingerprint density at radius 3 is 2.68 bits per heavy atom. The molecule has 2 rings (SSSR count). The highest BCUT2D eigenvalue weighted by atomic mass is 32.1. The van der Waals surface area contributed by atoms with E-state index in [9.17, 15) is 9.59 Å². The molecule has 1 aromatic heterocycles. The van der Waals surface area contributed by atoms with E-state index < -0.39 is 5.97 Å². The highest BCUT2D eigenvalue weighted by Gasteiger charge is 2.13. The van der Waals surface area contributed by atoms with Crippen molar-refractivity contribution in [2.45, 2.75) is 26.8 Å². The van der Waals surface area contributed by atoms with Gasteiger partial charge in [0, 0.05) is 10.9 Å². The van der Waals surface area contributed by atoms with Crippen LogP contribution < -0.4 is 14.8 Å². The zero-order valence-corrected chi connectivity index (χ0v) is 14.9. The van der Waals surface area contributed by atoms with E-state index in [-0.39, 0.29) is 18.1 Å². The van der Waals surface area contributed by atoms with Crippen LogP contribution >= 0.6 is 11.3 Å². The maximum atomic E-state index is 12.3. The molecule has 1 amide bonds. The molecule has 1 aromatic carbocycles. The summed E-state index contributed by atoms with van der Waals surface area (Å²) in [4.78, 5) is 27.0. The van der Waals surface area contributed by atoms with Crippen LogP contribution in [0.25, 0.3) is 0 Å². The van der Waals surface area contributed by atoms with E-state index in [1.165, 1.54) is 16.7 Å². The lowest BCUT2D eigenvalue weighted by Gasteiger charge is -2.13. The lowest BCUT2D eigenvalue weighted by Crippen LogP contribution is -2.22. The number of hydrogen-bond acceptors (Lipinski definition) is 6. The molecule has 0 aliphatic carbocycles. The van der Waals surface area contributed by atoms with Crippen LogP contribution in [0.15, 0.2) is 23.6 Å². The molecule has 2 aromatic rings. The topological polar surface area (TPSA) is 97.8 Å². The predicted molar refractivity (Wildman–Crippen MR) is 93.6 cm³/mol. The minimum atomic E-state index is -1.09. The van der Waals surface area contributed by atoms with Gasteiger partial charge in [0.25, 0.3) is 5.91 Å². The number of nitrogens with zero attached hydrogens (tertiary/aromatic N) is 1. The molecular weight excluding hydrogens is 344 g/mol. The Morgan fingerprint density at radius 2 is 2.04 bits per heavy atom. The van der Waals surface area contributed by atoms with Gasteiger partial charge in [-0.2, -0.15) is 0 Å². The number of aromatic nitrogens is 1. The number of aromatic carboxylic acids is 1. The minimum absolute atomic E-state index is 0.0229. The molecule has 25 heavy (non-hydrogen) atoms. The van der Waals surface area contributed by atoms with E-state index in [1.807, 2.05) is 13.8 Å². The van der Waals surface area contributed by atoms with E-state index in [1.54, 1.807) is 18.2 Å². The zero-order chi connectivity index (χ0) is 18.2. The lowest BCUT2D eigenvalue weighted by molar-refractivity contribution is 0.0691. The number of ether oxygens (including phenoxy) is 2. The number of nitrogens with one attached hydrogen (secondary N) is 1. The Bertz CT molecular complexity index is 744. The smallest absolute Gasteiger partial charge is 0.355 e. The predicted octanol–water partition coefficient (Wildman–Crippen LogP) is 2.96. The number of benzene rings is 1. The molecule has 7 nitrogen and oxygen atoms in total. The van der Waals surface area contributed by atoms with Crippen molar-refractivity contribution in [3.8, 4) is 11.5 Å². The SMILES string of the molecule is CCCOc1ccc(C(=O)NCc2nc(C(=O)O)cs2)cc1OCC. The molecule has 0 atom stereocenters. The van der Waals surface area contributed by atoms with Gasteiger partial charge in [-0.05, 0) is 31.5 Å². The molecule has 0 aliphatic rings.